The number of nitrogens with zero attached hydrogens (tertiary/aromatic N) is 1. The Kier molecular flexibility index (Phi) is 4.71. The molecule has 0 heterocycles. The molecule has 0 aliphatic heterocycles. The van der Waals surface area contributed by atoms with Crippen molar-refractivity contribution < 1.29 is 4.79 Å². The summed E-state index contributed by atoms with van der Waals surface area (Å²) in [4.78, 5) is 14.4. The highest BCUT2D eigenvalue weighted by Crippen LogP contribution is 2.29. The second kappa shape index (κ2) is 6.15. The molecule has 1 fully saturated rings. The lowest BCUT2D eigenvalue weighted by Crippen LogP contribution is -2.37. The molecule has 1 amide bonds. The van der Waals surface area contributed by atoms with Crippen molar-refractivity contribution in [1.82, 2.24) is 4.90 Å². The first kappa shape index (κ1) is 15.3. The highest BCUT2D eigenvalue weighted by molar-refractivity contribution is 6.30. The summed E-state index contributed by atoms with van der Waals surface area (Å²) in [5.41, 5.74) is 6.80. The van der Waals surface area contributed by atoms with Crippen molar-refractivity contribution in [3.05, 3.63) is 34.9 Å². The van der Waals surface area contributed by atoms with Gasteiger partial charge in [0.15, 0.2) is 0 Å². The van der Waals surface area contributed by atoms with Gasteiger partial charge in [0.1, 0.15) is 0 Å². The predicted molar refractivity (Wildman–Crippen MR) is 82.5 cm³/mol. The maximum Gasteiger partial charge on any atom is 0.223 e. The smallest absolute Gasteiger partial charge is 0.223 e. The summed E-state index contributed by atoms with van der Waals surface area (Å²) in [7, 11) is 0. The monoisotopic (exact) mass is 294 g/mol. The molecule has 0 bridgehead atoms. The van der Waals surface area contributed by atoms with Gasteiger partial charge in [-0.15, -0.1) is 0 Å². The van der Waals surface area contributed by atoms with Crippen molar-refractivity contribution >= 4 is 17.5 Å². The standard InChI is InChI=1S/C16H23ClN2O/c1-16(2,18)10-9-15(20)19(14-7-8-14)11-12-3-5-13(17)6-4-12/h3-6,14H,7-11,18H2,1-2H3. The Morgan fingerprint density at radius 3 is 2.45 bits per heavy atom. The van der Waals surface area contributed by atoms with E-state index in [9.17, 15) is 4.79 Å². The maximum absolute atomic E-state index is 12.4. The first-order valence-electron chi connectivity index (χ1n) is 7.18. The predicted octanol–water partition coefficient (Wildman–Crippen LogP) is 3.35. The Bertz CT molecular complexity index is 460. The van der Waals surface area contributed by atoms with E-state index in [0.29, 0.717) is 19.0 Å². The molecule has 0 aromatic heterocycles. The van der Waals surface area contributed by atoms with Crippen LogP contribution in [0.2, 0.25) is 5.02 Å². The van der Waals surface area contributed by atoms with Gasteiger partial charge < -0.3 is 10.6 Å². The quantitative estimate of drug-likeness (QED) is 0.874. The fourth-order valence-corrected chi connectivity index (χ4v) is 2.29. The molecule has 2 rings (SSSR count). The zero-order chi connectivity index (χ0) is 14.8. The summed E-state index contributed by atoms with van der Waals surface area (Å²) in [6.45, 7) is 4.59. The summed E-state index contributed by atoms with van der Waals surface area (Å²) < 4.78 is 0. The summed E-state index contributed by atoms with van der Waals surface area (Å²) in [6, 6.07) is 8.12. The molecule has 1 saturated carbocycles. The molecule has 0 unspecified atom stereocenters. The lowest BCUT2D eigenvalue weighted by atomic mass is 9.99. The van der Waals surface area contributed by atoms with Crippen LogP contribution in [0.5, 0.6) is 0 Å². The molecule has 110 valence electrons. The molecule has 0 saturated heterocycles. The summed E-state index contributed by atoms with van der Waals surface area (Å²) >= 11 is 5.89. The second-order valence-corrected chi connectivity index (χ2v) is 6.80. The first-order chi connectivity index (χ1) is 9.35. The van der Waals surface area contributed by atoms with Crippen molar-refractivity contribution in [3.63, 3.8) is 0 Å². The third-order valence-corrected chi connectivity index (χ3v) is 3.81. The molecule has 4 heteroatoms. The molecular formula is C16H23ClN2O. The van der Waals surface area contributed by atoms with Gasteiger partial charge in [0.2, 0.25) is 5.91 Å². The van der Waals surface area contributed by atoms with Crippen LogP contribution in [0, 0.1) is 0 Å². The van der Waals surface area contributed by atoms with Gasteiger partial charge in [0.05, 0.1) is 0 Å². The van der Waals surface area contributed by atoms with Crippen LogP contribution >= 0.6 is 11.6 Å². The lowest BCUT2D eigenvalue weighted by molar-refractivity contribution is -0.132. The zero-order valence-corrected chi connectivity index (χ0v) is 13.0. The summed E-state index contributed by atoms with van der Waals surface area (Å²) in [6.07, 6.45) is 3.47. The molecule has 2 N–H and O–H groups in total. The maximum atomic E-state index is 12.4. The van der Waals surface area contributed by atoms with E-state index in [1.807, 2.05) is 43.0 Å². The van der Waals surface area contributed by atoms with Gasteiger partial charge in [-0.1, -0.05) is 23.7 Å². The number of carbonyl (C=O) groups is 1. The SMILES string of the molecule is CC(C)(N)CCC(=O)N(Cc1ccc(Cl)cc1)C1CC1. The number of benzene rings is 1. The second-order valence-electron chi connectivity index (χ2n) is 6.37. The molecule has 20 heavy (non-hydrogen) atoms. The lowest BCUT2D eigenvalue weighted by Gasteiger charge is -2.25. The third-order valence-electron chi connectivity index (χ3n) is 3.56. The molecule has 0 atom stereocenters. The van der Waals surface area contributed by atoms with Gasteiger partial charge in [0, 0.05) is 29.6 Å². The van der Waals surface area contributed by atoms with Crippen LogP contribution in [0.3, 0.4) is 0 Å². The minimum absolute atomic E-state index is 0.209. The van der Waals surface area contributed by atoms with Crippen molar-refractivity contribution in [2.75, 3.05) is 0 Å². The molecule has 1 aromatic rings. The minimum Gasteiger partial charge on any atom is -0.335 e. The molecule has 1 aliphatic rings. The van der Waals surface area contributed by atoms with Crippen LogP contribution in [0.1, 0.15) is 45.1 Å². The Morgan fingerprint density at radius 1 is 1.35 bits per heavy atom. The molecule has 0 radical (unpaired) electrons. The largest absolute Gasteiger partial charge is 0.335 e. The van der Waals surface area contributed by atoms with Gasteiger partial charge in [-0.05, 0) is 50.8 Å². The van der Waals surface area contributed by atoms with Crippen LogP contribution in [-0.2, 0) is 11.3 Å². The highest BCUT2D eigenvalue weighted by Gasteiger charge is 2.32. The molecule has 1 aromatic carbocycles. The van der Waals surface area contributed by atoms with E-state index in [-0.39, 0.29) is 11.4 Å². The summed E-state index contributed by atoms with van der Waals surface area (Å²) in [5.74, 6) is 0.209. The number of hydrogen-bond donors (Lipinski definition) is 1. The van der Waals surface area contributed by atoms with Crippen molar-refractivity contribution in [2.24, 2.45) is 5.73 Å². The average molecular weight is 295 g/mol. The van der Waals surface area contributed by atoms with E-state index in [4.69, 9.17) is 17.3 Å². The number of hydrogen-bond acceptors (Lipinski definition) is 2. The molecular weight excluding hydrogens is 272 g/mol. The van der Waals surface area contributed by atoms with Gasteiger partial charge in [-0.2, -0.15) is 0 Å². The number of rotatable bonds is 6. The number of carbonyl (C=O) groups excluding carboxylic acids is 1. The van der Waals surface area contributed by atoms with Crippen LogP contribution in [0.25, 0.3) is 0 Å². The normalized spacial score (nSPS) is 15.2. The third kappa shape index (κ3) is 4.80. The Labute approximate surface area is 126 Å². The van der Waals surface area contributed by atoms with Crippen LogP contribution in [0.15, 0.2) is 24.3 Å². The summed E-state index contributed by atoms with van der Waals surface area (Å²) in [5, 5.41) is 0.725. The van der Waals surface area contributed by atoms with E-state index in [1.54, 1.807) is 0 Å². The van der Waals surface area contributed by atoms with Gasteiger partial charge in [-0.25, -0.2) is 0 Å². The Balaban J connectivity index is 1.96. The van der Waals surface area contributed by atoms with Crippen molar-refractivity contribution in [1.29, 1.82) is 0 Å². The van der Waals surface area contributed by atoms with Gasteiger partial charge >= 0.3 is 0 Å². The fourth-order valence-electron chi connectivity index (χ4n) is 2.17. The molecule has 0 spiro atoms. The topological polar surface area (TPSA) is 46.3 Å². The fraction of sp³-hybridized carbons (Fsp3) is 0.562. The van der Waals surface area contributed by atoms with Crippen molar-refractivity contribution in [3.8, 4) is 0 Å². The number of nitrogens with two attached hydrogens (primary N) is 1. The number of halogens is 1. The number of amides is 1. The molecule has 1 aliphatic carbocycles. The highest BCUT2D eigenvalue weighted by atomic mass is 35.5. The van der Waals surface area contributed by atoms with E-state index in [2.05, 4.69) is 0 Å². The Morgan fingerprint density at radius 2 is 1.95 bits per heavy atom. The van der Waals surface area contributed by atoms with E-state index in [0.717, 1.165) is 29.8 Å². The van der Waals surface area contributed by atoms with E-state index in [1.165, 1.54) is 0 Å². The van der Waals surface area contributed by atoms with E-state index < -0.39 is 0 Å². The first-order valence-corrected chi connectivity index (χ1v) is 7.56. The van der Waals surface area contributed by atoms with Crippen LogP contribution < -0.4 is 5.73 Å². The van der Waals surface area contributed by atoms with Gasteiger partial charge in [-0.3, -0.25) is 4.79 Å². The van der Waals surface area contributed by atoms with E-state index >= 15 is 0 Å². The van der Waals surface area contributed by atoms with Crippen LogP contribution in [-0.4, -0.2) is 22.4 Å². The molecule has 3 nitrogen and oxygen atoms in total. The minimum atomic E-state index is -0.287. The zero-order valence-electron chi connectivity index (χ0n) is 12.2. The van der Waals surface area contributed by atoms with Crippen LogP contribution in [0.4, 0.5) is 0 Å². The average Bonchev–Trinajstić information content (AvgIpc) is 3.18. The Hall–Kier alpha value is -1.06. The van der Waals surface area contributed by atoms with Crippen molar-refractivity contribution in [2.45, 2.75) is 57.7 Å². The van der Waals surface area contributed by atoms with Gasteiger partial charge in [0.25, 0.3) is 0 Å².